The fraction of sp³-hybridized carbons (Fsp3) is 0.559. The van der Waals surface area contributed by atoms with E-state index in [9.17, 15) is 4.79 Å². The lowest BCUT2D eigenvalue weighted by atomic mass is 9.77. The molecular weight excluding hydrogens is 440 g/mol. The van der Waals surface area contributed by atoms with Crippen LogP contribution >= 0.6 is 0 Å². The fourth-order valence-electron chi connectivity index (χ4n) is 6.20. The predicted molar refractivity (Wildman–Crippen MR) is 151 cm³/mol. The van der Waals surface area contributed by atoms with Gasteiger partial charge >= 0.3 is 5.97 Å². The van der Waals surface area contributed by atoms with Crippen LogP contribution in [0.25, 0.3) is 11.1 Å². The Balaban J connectivity index is 1.27. The van der Waals surface area contributed by atoms with Crippen LogP contribution in [0.3, 0.4) is 0 Å². The van der Waals surface area contributed by atoms with E-state index in [1.807, 2.05) is 0 Å². The second kappa shape index (κ2) is 13.8. The van der Waals surface area contributed by atoms with Crippen molar-refractivity contribution < 1.29 is 9.53 Å². The zero-order chi connectivity index (χ0) is 25.2. The van der Waals surface area contributed by atoms with Gasteiger partial charge in [-0.15, -0.1) is 0 Å². The second-order valence-electron chi connectivity index (χ2n) is 11.1. The summed E-state index contributed by atoms with van der Waals surface area (Å²) in [5.41, 5.74) is 6.36. The summed E-state index contributed by atoms with van der Waals surface area (Å²) in [4.78, 5) is 12.4. The maximum absolute atomic E-state index is 12.4. The molecule has 0 saturated heterocycles. The number of esters is 1. The van der Waals surface area contributed by atoms with E-state index in [-0.39, 0.29) is 5.97 Å². The van der Waals surface area contributed by atoms with Crippen molar-refractivity contribution in [2.45, 2.75) is 109 Å². The Kier molecular flexibility index (Phi) is 10.3. The van der Waals surface area contributed by atoms with Crippen LogP contribution in [0.2, 0.25) is 0 Å². The van der Waals surface area contributed by atoms with E-state index in [2.05, 4.69) is 68.5 Å². The van der Waals surface area contributed by atoms with Gasteiger partial charge in [0.05, 0.1) is 6.61 Å². The summed E-state index contributed by atoms with van der Waals surface area (Å²) in [5.74, 6) is 2.10. The van der Waals surface area contributed by atoms with Crippen LogP contribution in [0.5, 0.6) is 0 Å². The highest BCUT2D eigenvalue weighted by atomic mass is 16.5. The Hall–Kier alpha value is -2.35. The van der Waals surface area contributed by atoms with Gasteiger partial charge in [0.25, 0.3) is 0 Å². The van der Waals surface area contributed by atoms with E-state index in [1.54, 1.807) is 0 Å². The monoisotopic (exact) mass is 486 g/mol. The van der Waals surface area contributed by atoms with Crippen molar-refractivity contribution in [2.75, 3.05) is 6.61 Å². The number of unbranched alkanes of at least 4 members (excludes halogenated alkanes) is 3. The third-order valence-corrected chi connectivity index (χ3v) is 8.55. The lowest BCUT2D eigenvalue weighted by Gasteiger charge is -2.28. The van der Waals surface area contributed by atoms with E-state index in [4.69, 9.17) is 4.74 Å². The van der Waals surface area contributed by atoms with Crippen molar-refractivity contribution in [1.29, 1.82) is 0 Å². The number of hydrogen-bond acceptors (Lipinski definition) is 2. The standard InChI is InChI=1S/C34H46O2/c1-3-5-6-7-25-36-34(35)33-23-21-32(22-24-33)31-19-17-30(18-20-31)29-15-13-28(14-16-29)27-11-9-26(8-4-2)10-12-27/h13-20,23,26-27,32H,3-12,21-22,24-25H2,1-2H3/t26-,27-,32?. The summed E-state index contributed by atoms with van der Waals surface area (Å²) >= 11 is 0. The normalized spacial score (nSPS) is 22.2. The molecule has 1 unspecified atom stereocenters. The first-order valence-corrected chi connectivity index (χ1v) is 14.7. The quantitative estimate of drug-likeness (QED) is 0.233. The summed E-state index contributed by atoms with van der Waals surface area (Å²) in [6, 6.07) is 18.5. The fourth-order valence-corrected chi connectivity index (χ4v) is 6.20. The van der Waals surface area contributed by atoms with Crippen molar-refractivity contribution in [3.63, 3.8) is 0 Å². The van der Waals surface area contributed by atoms with Crippen molar-refractivity contribution >= 4 is 5.97 Å². The Bertz CT molecular complexity index is 961. The molecule has 0 spiro atoms. The molecular formula is C34H46O2. The summed E-state index contributed by atoms with van der Waals surface area (Å²) in [5, 5.41) is 0. The zero-order valence-corrected chi connectivity index (χ0v) is 22.6. The molecule has 0 aliphatic heterocycles. The number of rotatable bonds is 11. The molecule has 4 rings (SSSR count). The van der Waals surface area contributed by atoms with Gasteiger partial charge in [0.15, 0.2) is 0 Å². The van der Waals surface area contributed by atoms with Gasteiger partial charge in [-0.2, -0.15) is 0 Å². The molecule has 2 aliphatic carbocycles. The second-order valence-corrected chi connectivity index (χ2v) is 11.1. The highest BCUT2D eigenvalue weighted by molar-refractivity contribution is 5.88. The van der Waals surface area contributed by atoms with Crippen molar-refractivity contribution in [2.24, 2.45) is 5.92 Å². The molecule has 0 bridgehead atoms. The SMILES string of the molecule is CCCCCCOC(=O)C1=CCC(c2ccc(-c3ccc([C@H]4CC[C@H](CCC)CC4)cc3)cc2)CC1. The van der Waals surface area contributed by atoms with Gasteiger partial charge in [-0.3, -0.25) is 0 Å². The molecule has 1 saturated carbocycles. The first-order valence-electron chi connectivity index (χ1n) is 14.7. The van der Waals surface area contributed by atoms with Crippen molar-refractivity contribution in [3.05, 3.63) is 71.3 Å². The maximum atomic E-state index is 12.4. The summed E-state index contributed by atoms with van der Waals surface area (Å²) in [7, 11) is 0. The van der Waals surface area contributed by atoms with Crippen molar-refractivity contribution in [3.8, 4) is 11.1 Å². The molecule has 0 heterocycles. The van der Waals surface area contributed by atoms with E-state index in [0.29, 0.717) is 12.5 Å². The number of ether oxygens (including phenoxy) is 1. The average molecular weight is 487 g/mol. The van der Waals surface area contributed by atoms with Gasteiger partial charge in [0, 0.05) is 5.57 Å². The molecule has 1 fully saturated rings. The lowest BCUT2D eigenvalue weighted by Crippen LogP contribution is -2.14. The lowest BCUT2D eigenvalue weighted by molar-refractivity contribution is -0.139. The van der Waals surface area contributed by atoms with Crippen LogP contribution in [0, 0.1) is 5.92 Å². The number of allylic oxidation sites excluding steroid dienone is 1. The van der Waals surface area contributed by atoms with Crippen LogP contribution < -0.4 is 0 Å². The van der Waals surface area contributed by atoms with Crippen LogP contribution in [0.1, 0.15) is 120 Å². The highest BCUT2D eigenvalue weighted by Crippen LogP contribution is 2.38. The minimum Gasteiger partial charge on any atom is -0.462 e. The van der Waals surface area contributed by atoms with Crippen LogP contribution in [0.4, 0.5) is 0 Å². The van der Waals surface area contributed by atoms with Crippen LogP contribution in [0.15, 0.2) is 60.2 Å². The number of benzene rings is 2. The molecule has 1 atom stereocenters. The molecule has 0 aromatic heterocycles. The Morgan fingerprint density at radius 1 is 0.750 bits per heavy atom. The van der Waals surface area contributed by atoms with Crippen molar-refractivity contribution in [1.82, 2.24) is 0 Å². The van der Waals surface area contributed by atoms with E-state index >= 15 is 0 Å². The Morgan fingerprint density at radius 2 is 1.39 bits per heavy atom. The van der Waals surface area contributed by atoms with Crippen LogP contribution in [-0.2, 0) is 9.53 Å². The molecule has 0 radical (unpaired) electrons. The molecule has 2 aromatic carbocycles. The summed E-state index contributed by atoms with van der Waals surface area (Å²) < 4.78 is 5.49. The molecule has 2 heteroatoms. The van der Waals surface area contributed by atoms with E-state index in [0.717, 1.165) is 49.5 Å². The first-order chi connectivity index (χ1) is 17.7. The number of carbonyl (C=O) groups excluding carboxylic acids is 1. The third kappa shape index (κ3) is 7.34. The molecule has 2 nitrogen and oxygen atoms in total. The van der Waals surface area contributed by atoms with Gasteiger partial charge in [0.2, 0.25) is 0 Å². The number of carbonyl (C=O) groups is 1. The minimum absolute atomic E-state index is 0.0993. The summed E-state index contributed by atoms with van der Waals surface area (Å²) in [6.45, 7) is 5.07. The molecule has 2 aliphatic rings. The molecule has 194 valence electrons. The molecule has 0 N–H and O–H groups in total. The van der Waals surface area contributed by atoms with Gasteiger partial charge in [-0.1, -0.05) is 101 Å². The predicted octanol–water partition coefficient (Wildman–Crippen LogP) is 9.74. The number of hydrogen-bond donors (Lipinski definition) is 0. The van der Waals surface area contributed by atoms with Gasteiger partial charge in [0.1, 0.15) is 0 Å². The highest BCUT2D eigenvalue weighted by Gasteiger charge is 2.22. The largest absolute Gasteiger partial charge is 0.462 e. The summed E-state index contributed by atoms with van der Waals surface area (Å²) in [6.07, 6.45) is 17.7. The maximum Gasteiger partial charge on any atom is 0.333 e. The third-order valence-electron chi connectivity index (χ3n) is 8.55. The molecule has 2 aromatic rings. The Labute approximate surface area is 219 Å². The average Bonchev–Trinajstić information content (AvgIpc) is 2.94. The van der Waals surface area contributed by atoms with Crippen LogP contribution in [-0.4, -0.2) is 12.6 Å². The van der Waals surface area contributed by atoms with E-state index in [1.165, 1.54) is 73.6 Å². The van der Waals surface area contributed by atoms with Gasteiger partial charge in [-0.25, -0.2) is 4.79 Å². The molecule has 0 amide bonds. The minimum atomic E-state index is -0.0993. The van der Waals surface area contributed by atoms with Gasteiger partial charge < -0.3 is 4.74 Å². The van der Waals surface area contributed by atoms with E-state index < -0.39 is 0 Å². The zero-order valence-electron chi connectivity index (χ0n) is 22.6. The first kappa shape index (κ1) is 26.7. The molecule has 36 heavy (non-hydrogen) atoms. The van der Waals surface area contributed by atoms with Gasteiger partial charge in [-0.05, 0) is 91.4 Å². The smallest absolute Gasteiger partial charge is 0.333 e. The Morgan fingerprint density at radius 3 is 1.94 bits per heavy atom. The topological polar surface area (TPSA) is 26.3 Å².